The summed E-state index contributed by atoms with van der Waals surface area (Å²) in [6.07, 6.45) is 57.0. The minimum Gasteiger partial charge on any atom is -0.480 e. The van der Waals surface area contributed by atoms with E-state index in [4.69, 9.17) is 24.8 Å². The molecule has 0 saturated heterocycles. The Morgan fingerprint density at radius 1 is 0.500 bits per heavy atom. The van der Waals surface area contributed by atoms with Crippen molar-refractivity contribution < 1.29 is 47.5 Å². The Kier molecular flexibility index (Phi) is 44.2. The largest absolute Gasteiger partial charge is 0.480 e. The van der Waals surface area contributed by atoms with Gasteiger partial charge in [-0.15, -0.1) is 0 Å². The molecule has 4 N–H and O–H groups in total. The zero-order valence-corrected chi connectivity index (χ0v) is 41.0. The monoisotopic (exact) mass is 920 g/mol. The van der Waals surface area contributed by atoms with Gasteiger partial charge in [0.05, 0.1) is 13.2 Å². The third kappa shape index (κ3) is 45.5. The summed E-state index contributed by atoms with van der Waals surface area (Å²) in [5.41, 5.74) is 5.34. The van der Waals surface area contributed by atoms with Crippen LogP contribution < -0.4 is 5.73 Å². The Hall–Kier alpha value is -3.08. The highest BCUT2D eigenvalue weighted by molar-refractivity contribution is 7.47. The van der Waals surface area contributed by atoms with Crippen molar-refractivity contribution in [3.63, 3.8) is 0 Å². The van der Waals surface area contributed by atoms with Crippen molar-refractivity contribution in [1.29, 1.82) is 0 Å². The summed E-state index contributed by atoms with van der Waals surface area (Å²) < 4.78 is 32.7. The van der Waals surface area contributed by atoms with Crippen LogP contribution in [0, 0.1) is 0 Å². The number of carboxylic acid groups (broad SMARTS) is 1. The summed E-state index contributed by atoms with van der Waals surface area (Å²) >= 11 is 0. The maximum absolute atomic E-state index is 12.6. The first kappa shape index (κ1) is 60.9. The first-order chi connectivity index (χ1) is 31.1. The molecule has 0 rings (SSSR count). The lowest BCUT2D eigenvalue weighted by Crippen LogP contribution is -2.34. The number of hydrogen-bond donors (Lipinski definition) is 3. The molecule has 0 spiro atoms. The van der Waals surface area contributed by atoms with Crippen LogP contribution >= 0.6 is 7.82 Å². The number of rotatable bonds is 46. The number of nitrogens with two attached hydrogens (primary N) is 1. The van der Waals surface area contributed by atoms with E-state index in [1.807, 2.05) is 12.2 Å². The molecule has 0 bridgehead atoms. The summed E-state index contributed by atoms with van der Waals surface area (Å²) in [7, 11) is -4.74. The number of phosphoric ester groups is 1. The molecule has 0 aliphatic heterocycles. The van der Waals surface area contributed by atoms with Crippen molar-refractivity contribution in [3.05, 3.63) is 72.9 Å². The molecule has 12 heteroatoms. The molecule has 0 aromatic carbocycles. The number of allylic oxidation sites excluding steroid dienone is 12. The van der Waals surface area contributed by atoms with Gasteiger partial charge in [-0.25, -0.2) is 4.57 Å². The third-order valence-corrected chi connectivity index (χ3v) is 11.4. The molecule has 0 aliphatic carbocycles. The zero-order valence-electron chi connectivity index (χ0n) is 40.1. The molecule has 3 atom stereocenters. The Morgan fingerprint density at radius 3 is 1.38 bits per heavy atom. The van der Waals surface area contributed by atoms with Crippen molar-refractivity contribution in [2.45, 2.75) is 219 Å². The summed E-state index contributed by atoms with van der Waals surface area (Å²) in [6, 6.07) is -1.53. The fraction of sp³-hybridized carbons (Fsp3) is 0.712. The first-order valence-electron chi connectivity index (χ1n) is 25.0. The van der Waals surface area contributed by atoms with Gasteiger partial charge in [-0.2, -0.15) is 0 Å². The van der Waals surface area contributed by atoms with Gasteiger partial charge in [-0.3, -0.25) is 23.4 Å². The highest BCUT2D eigenvalue weighted by atomic mass is 31.2. The van der Waals surface area contributed by atoms with Crippen molar-refractivity contribution in [2.24, 2.45) is 5.73 Å². The number of ether oxygens (including phenoxy) is 2. The molecule has 0 fully saturated rings. The molecule has 0 aromatic rings. The molecule has 11 nitrogen and oxygen atoms in total. The van der Waals surface area contributed by atoms with Gasteiger partial charge in [0.25, 0.3) is 0 Å². The van der Waals surface area contributed by atoms with Gasteiger partial charge in [0.1, 0.15) is 12.6 Å². The van der Waals surface area contributed by atoms with Gasteiger partial charge in [0, 0.05) is 12.8 Å². The normalized spacial score (nSPS) is 14.2. The predicted molar refractivity (Wildman–Crippen MR) is 263 cm³/mol. The van der Waals surface area contributed by atoms with Crippen molar-refractivity contribution in [1.82, 2.24) is 0 Å². The molecule has 0 saturated carbocycles. The van der Waals surface area contributed by atoms with E-state index in [0.29, 0.717) is 19.3 Å². The number of aliphatic carboxylic acids is 1. The Bertz CT molecular complexity index is 1360. The van der Waals surface area contributed by atoms with Crippen LogP contribution in [0.4, 0.5) is 0 Å². The first-order valence-corrected chi connectivity index (χ1v) is 26.5. The minimum absolute atomic E-state index is 0.0802. The van der Waals surface area contributed by atoms with E-state index in [0.717, 1.165) is 51.4 Å². The van der Waals surface area contributed by atoms with Gasteiger partial charge in [-0.1, -0.05) is 189 Å². The summed E-state index contributed by atoms with van der Waals surface area (Å²) in [5, 5.41) is 8.91. The van der Waals surface area contributed by atoms with Gasteiger partial charge in [0.15, 0.2) is 6.10 Å². The average molecular weight is 920 g/mol. The van der Waals surface area contributed by atoms with Crippen LogP contribution in [-0.2, 0) is 37.5 Å². The van der Waals surface area contributed by atoms with Crippen LogP contribution in [0.25, 0.3) is 0 Å². The molecule has 3 unspecified atom stereocenters. The summed E-state index contributed by atoms with van der Waals surface area (Å²) in [4.78, 5) is 46.1. The van der Waals surface area contributed by atoms with E-state index in [1.165, 1.54) is 109 Å². The zero-order chi connectivity index (χ0) is 47.0. The number of hydrogen-bond acceptors (Lipinski definition) is 9. The second-order valence-corrected chi connectivity index (χ2v) is 18.0. The van der Waals surface area contributed by atoms with E-state index in [1.54, 1.807) is 0 Å². The van der Waals surface area contributed by atoms with Crippen LogP contribution in [0.15, 0.2) is 72.9 Å². The Morgan fingerprint density at radius 2 is 0.891 bits per heavy atom. The van der Waals surface area contributed by atoms with Gasteiger partial charge >= 0.3 is 25.7 Å². The molecule has 64 heavy (non-hydrogen) atoms. The van der Waals surface area contributed by atoms with E-state index in [9.17, 15) is 23.8 Å². The van der Waals surface area contributed by atoms with Crippen LogP contribution in [0.3, 0.4) is 0 Å². The van der Waals surface area contributed by atoms with Crippen molar-refractivity contribution >= 4 is 25.7 Å². The highest BCUT2D eigenvalue weighted by Crippen LogP contribution is 2.43. The number of carboxylic acids is 1. The van der Waals surface area contributed by atoms with E-state index in [-0.39, 0.29) is 19.4 Å². The van der Waals surface area contributed by atoms with Crippen LogP contribution in [0.5, 0.6) is 0 Å². The molecule has 0 aromatic heterocycles. The molecule has 0 aliphatic rings. The second kappa shape index (κ2) is 46.4. The SMILES string of the molecule is CC/C=C\C/C=C\C/C=C\C/C=C\C/C=C\CCCC(=O)OC(COC(=O)CCCCCCCCCCCCC/C=C\CCCCCCCCCC)COP(=O)(O)OCC(N)C(=O)O. The molecule has 368 valence electrons. The van der Waals surface area contributed by atoms with E-state index in [2.05, 4.69) is 79.1 Å². The maximum atomic E-state index is 12.6. The minimum atomic E-state index is -4.74. The average Bonchev–Trinajstić information content (AvgIpc) is 3.27. The summed E-state index contributed by atoms with van der Waals surface area (Å²) in [5.74, 6) is -2.46. The molecule has 0 heterocycles. The summed E-state index contributed by atoms with van der Waals surface area (Å²) in [6.45, 7) is 2.65. The Balaban J connectivity index is 4.31. The fourth-order valence-electron chi connectivity index (χ4n) is 6.57. The predicted octanol–water partition coefficient (Wildman–Crippen LogP) is 14.1. The highest BCUT2D eigenvalue weighted by Gasteiger charge is 2.28. The Labute approximate surface area is 389 Å². The van der Waals surface area contributed by atoms with Crippen LogP contribution in [0.2, 0.25) is 0 Å². The van der Waals surface area contributed by atoms with Crippen molar-refractivity contribution in [3.8, 4) is 0 Å². The van der Waals surface area contributed by atoms with Crippen LogP contribution in [-0.4, -0.2) is 59.9 Å². The van der Waals surface area contributed by atoms with Crippen molar-refractivity contribution in [2.75, 3.05) is 19.8 Å². The lowest BCUT2D eigenvalue weighted by Gasteiger charge is -2.20. The number of carbonyl (C=O) groups excluding carboxylic acids is 2. The van der Waals surface area contributed by atoms with Crippen LogP contribution in [0.1, 0.15) is 206 Å². The number of unbranched alkanes of at least 4 members (excludes halogenated alkanes) is 20. The van der Waals surface area contributed by atoms with E-state index < -0.39 is 51.1 Å². The second-order valence-electron chi connectivity index (χ2n) is 16.6. The van der Waals surface area contributed by atoms with Gasteiger partial charge in [-0.05, 0) is 77.0 Å². The number of carbonyl (C=O) groups is 3. The van der Waals surface area contributed by atoms with Gasteiger partial charge in [0.2, 0.25) is 0 Å². The van der Waals surface area contributed by atoms with E-state index >= 15 is 0 Å². The molecule has 0 amide bonds. The standard InChI is InChI=1S/C52H90NO10P/c1-3-5-7-9-11-13-15-17-19-21-22-23-24-25-26-28-29-31-33-35-37-39-41-43-50(54)60-45-48(46-61-64(58,59)62-47-49(53)52(56)57)63-51(55)44-42-40-38-36-34-32-30-27-20-18-16-14-12-10-8-6-4-2/h6,8,12,14,18,20-22,30,32,36,38,48-49H,3-5,7,9-11,13,15-17,19,23-29,31,33-35,37,39-47,53H2,1-2H3,(H,56,57)(H,58,59)/b8-6-,14-12-,20-18-,22-21-,32-30-,38-36-. The molecular weight excluding hydrogens is 830 g/mol. The lowest BCUT2D eigenvalue weighted by molar-refractivity contribution is -0.161. The van der Waals surface area contributed by atoms with Gasteiger partial charge < -0.3 is 25.2 Å². The lowest BCUT2D eigenvalue weighted by atomic mass is 10.0. The number of esters is 2. The quantitative estimate of drug-likeness (QED) is 0.0230. The fourth-order valence-corrected chi connectivity index (χ4v) is 7.34. The molecule has 0 radical (unpaired) electrons. The third-order valence-electron chi connectivity index (χ3n) is 10.4. The smallest absolute Gasteiger partial charge is 0.472 e. The maximum Gasteiger partial charge on any atom is 0.472 e. The topological polar surface area (TPSA) is 172 Å². The molecular formula is C52H90NO10P. The number of phosphoric acid groups is 1.